The van der Waals surface area contributed by atoms with E-state index in [4.69, 9.17) is 0 Å². The molecule has 6 nitrogen and oxygen atoms in total. The molecule has 0 aliphatic carbocycles. The highest BCUT2D eigenvalue weighted by atomic mass is 32.2. The fourth-order valence-corrected chi connectivity index (χ4v) is 2.64. The Hall–Kier alpha value is -1.89. The highest BCUT2D eigenvalue weighted by Crippen LogP contribution is 2.17. The van der Waals surface area contributed by atoms with Gasteiger partial charge >= 0.3 is 0 Å². The van der Waals surface area contributed by atoms with E-state index in [1.807, 2.05) is 0 Å². The van der Waals surface area contributed by atoms with Crippen molar-refractivity contribution in [2.24, 2.45) is 4.40 Å². The number of rotatable bonds is 3. The smallest absolute Gasteiger partial charge is 0.256 e. The van der Waals surface area contributed by atoms with Crippen LogP contribution < -0.4 is 5.32 Å². The van der Waals surface area contributed by atoms with Gasteiger partial charge in [0.2, 0.25) is 0 Å². The zero-order chi connectivity index (χ0) is 13.2. The van der Waals surface area contributed by atoms with E-state index in [0.717, 1.165) is 0 Å². The van der Waals surface area contributed by atoms with Crippen LogP contribution in [-0.4, -0.2) is 43.9 Å². The van der Waals surface area contributed by atoms with E-state index in [0.29, 0.717) is 13.1 Å². The van der Waals surface area contributed by atoms with E-state index in [2.05, 4.69) is 16.3 Å². The van der Waals surface area contributed by atoms with Crippen molar-refractivity contribution in [3.05, 3.63) is 36.6 Å². The second-order valence-corrected chi connectivity index (χ2v) is 5.57. The average molecular weight is 267 g/mol. The SMILES string of the molecule is C=CCNC(=O)C1=CC=CN2CCS(=O)(=O)N=C12. The third kappa shape index (κ3) is 2.51. The zero-order valence-electron chi connectivity index (χ0n) is 9.67. The Kier molecular flexibility index (Phi) is 3.33. The van der Waals surface area contributed by atoms with Crippen LogP contribution in [0.25, 0.3) is 0 Å². The zero-order valence-corrected chi connectivity index (χ0v) is 10.5. The molecule has 0 atom stereocenters. The predicted octanol–water partition coefficient (Wildman–Crippen LogP) is -0.214. The molecule has 0 radical (unpaired) electrons. The van der Waals surface area contributed by atoms with Crippen LogP contribution in [0, 0.1) is 0 Å². The number of allylic oxidation sites excluding steroid dienone is 2. The molecule has 2 rings (SSSR count). The number of hydrogen-bond acceptors (Lipinski definition) is 4. The summed E-state index contributed by atoms with van der Waals surface area (Å²) < 4.78 is 26.6. The Labute approximate surface area is 105 Å². The maximum Gasteiger partial charge on any atom is 0.256 e. The van der Waals surface area contributed by atoms with Crippen molar-refractivity contribution in [2.75, 3.05) is 18.8 Å². The first kappa shape index (κ1) is 12.6. The normalized spacial score (nSPS) is 20.6. The van der Waals surface area contributed by atoms with Gasteiger partial charge in [-0.05, 0) is 12.2 Å². The summed E-state index contributed by atoms with van der Waals surface area (Å²) in [5.41, 5.74) is 0.252. The Morgan fingerprint density at radius 1 is 1.61 bits per heavy atom. The molecule has 0 aromatic rings. The maximum absolute atomic E-state index is 11.9. The molecular formula is C11H13N3O3S. The molecule has 0 unspecified atom stereocenters. The van der Waals surface area contributed by atoms with Gasteiger partial charge in [0.25, 0.3) is 15.9 Å². The number of nitrogens with zero attached hydrogens (tertiary/aromatic N) is 2. The third-order valence-electron chi connectivity index (χ3n) is 2.51. The van der Waals surface area contributed by atoms with Crippen molar-refractivity contribution < 1.29 is 13.2 Å². The van der Waals surface area contributed by atoms with E-state index >= 15 is 0 Å². The lowest BCUT2D eigenvalue weighted by atomic mass is 10.1. The topological polar surface area (TPSA) is 78.8 Å². The van der Waals surface area contributed by atoms with Gasteiger partial charge in [-0.25, -0.2) is 8.42 Å². The number of nitrogens with one attached hydrogen (secondary N) is 1. The largest absolute Gasteiger partial charge is 0.348 e. The second-order valence-electron chi connectivity index (χ2n) is 3.81. The van der Waals surface area contributed by atoms with E-state index < -0.39 is 10.0 Å². The van der Waals surface area contributed by atoms with Gasteiger partial charge < -0.3 is 10.2 Å². The molecule has 1 N–H and O–H groups in total. The Balaban J connectivity index is 2.32. The van der Waals surface area contributed by atoms with Gasteiger partial charge in [0.15, 0.2) is 5.84 Å². The minimum atomic E-state index is -3.47. The van der Waals surface area contributed by atoms with Crippen LogP contribution in [0.5, 0.6) is 0 Å². The van der Waals surface area contributed by atoms with Crippen LogP contribution in [0.15, 0.2) is 41.0 Å². The summed E-state index contributed by atoms with van der Waals surface area (Å²) in [6.45, 7) is 4.13. The summed E-state index contributed by atoms with van der Waals surface area (Å²) in [6.07, 6.45) is 6.50. The molecule has 0 aromatic heterocycles. The number of amidine groups is 1. The molecule has 0 fully saturated rings. The molecular weight excluding hydrogens is 254 g/mol. The molecule has 96 valence electrons. The standard InChI is InChI=1S/C11H13N3O3S/c1-2-5-12-11(15)9-4-3-6-14-7-8-18(16,17)13-10(9)14/h2-4,6H,1,5,7-8H2,(H,12,15). The monoisotopic (exact) mass is 267 g/mol. The molecule has 0 saturated heterocycles. The Morgan fingerprint density at radius 3 is 3.11 bits per heavy atom. The minimum Gasteiger partial charge on any atom is -0.348 e. The van der Waals surface area contributed by atoms with Crippen LogP contribution in [-0.2, 0) is 14.8 Å². The molecule has 0 bridgehead atoms. The lowest BCUT2D eigenvalue weighted by Gasteiger charge is -2.28. The Bertz CT molecular complexity index is 572. The first-order valence-electron chi connectivity index (χ1n) is 5.41. The van der Waals surface area contributed by atoms with Crippen molar-refractivity contribution >= 4 is 21.8 Å². The van der Waals surface area contributed by atoms with Gasteiger partial charge in [-0.2, -0.15) is 0 Å². The van der Waals surface area contributed by atoms with Crippen LogP contribution in [0.4, 0.5) is 0 Å². The second kappa shape index (κ2) is 4.77. The lowest BCUT2D eigenvalue weighted by molar-refractivity contribution is -0.116. The molecule has 2 aliphatic rings. The summed E-state index contributed by atoms with van der Waals surface area (Å²) in [7, 11) is -3.47. The summed E-state index contributed by atoms with van der Waals surface area (Å²) in [4.78, 5) is 13.5. The van der Waals surface area contributed by atoms with Crippen molar-refractivity contribution in [2.45, 2.75) is 0 Å². The van der Waals surface area contributed by atoms with Crippen molar-refractivity contribution in [3.63, 3.8) is 0 Å². The van der Waals surface area contributed by atoms with E-state index in [1.165, 1.54) is 0 Å². The van der Waals surface area contributed by atoms with Crippen molar-refractivity contribution in [1.82, 2.24) is 10.2 Å². The average Bonchev–Trinajstić information content (AvgIpc) is 2.34. The first-order valence-corrected chi connectivity index (χ1v) is 7.01. The van der Waals surface area contributed by atoms with E-state index in [1.54, 1.807) is 29.3 Å². The number of carbonyl (C=O) groups is 1. The molecule has 2 aliphatic heterocycles. The Morgan fingerprint density at radius 2 is 2.39 bits per heavy atom. The van der Waals surface area contributed by atoms with E-state index in [-0.39, 0.29) is 23.1 Å². The van der Waals surface area contributed by atoms with E-state index in [9.17, 15) is 13.2 Å². The van der Waals surface area contributed by atoms with Crippen molar-refractivity contribution in [3.8, 4) is 0 Å². The molecule has 0 saturated carbocycles. The fourth-order valence-electron chi connectivity index (χ4n) is 1.65. The first-order chi connectivity index (χ1) is 8.53. The summed E-state index contributed by atoms with van der Waals surface area (Å²) >= 11 is 0. The third-order valence-corrected chi connectivity index (χ3v) is 3.66. The maximum atomic E-state index is 11.9. The highest BCUT2D eigenvalue weighted by molar-refractivity contribution is 7.90. The van der Waals surface area contributed by atoms with Gasteiger partial charge in [-0.1, -0.05) is 6.08 Å². The van der Waals surface area contributed by atoms with Crippen LogP contribution in [0.2, 0.25) is 0 Å². The number of carbonyl (C=O) groups excluding carboxylic acids is 1. The fraction of sp³-hybridized carbons (Fsp3) is 0.273. The van der Waals surface area contributed by atoms with Gasteiger partial charge in [0, 0.05) is 19.3 Å². The minimum absolute atomic E-state index is 0.0393. The van der Waals surface area contributed by atoms with Gasteiger partial charge in [-0.15, -0.1) is 11.0 Å². The molecule has 18 heavy (non-hydrogen) atoms. The molecule has 1 amide bonds. The molecule has 7 heteroatoms. The lowest BCUT2D eigenvalue weighted by Crippen LogP contribution is -2.42. The molecule has 2 heterocycles. The molecule has 0 aromatic carbocycles. The number of sulfonamides is 1. The summed E-state index contributed by atoms with van der Waals surface area (Å²) in [5.74, 6) is -0.215. The van der Waals surface area contributed by atoms with Gasteiger partial charge in [0.05, 0.1) is 11.3 Å². The quantitative estimate of drug-likeness (QED) is 0.717. The number of hydrogen-bond donors (Lipinski definition) is 1. The highest BCUT2D eigenvalue weighted by Gasteiger charge is 2.29. The van der Waals surface area contributed by atoms with Crippen LogP contribution in [0.3, 0.4) is 0 Å². The predicted molar refractivity (Wildman–Crippen MR) is 68.4 cm³/mol. The van der Waals surface area contributed by atoms with Crippen LogP contribution >= 0.6 is 0 Å². The summed E-state index contributed by atoms with van der Waals surface area (Å²) in [5, 5.41) is 2.60. The van der Waals surface area contributed by atoms with Gasteiger partial charge in [-0.3, -0.25) is 4.79 Å². The number of amides is 1. The van der Waals surface area contributed by atoms with Crippen molar-refractivity contribution in [1.29, 1.82) is 0 Å². The number of fused-ring (bicyclic) bond motifs is 1. The molecule has 0 spiro atoms. The van der Waals surface area contributed by atoms with Gasteiger partial charge in [0.1, 0.15) is 0 Å². The summed E-state index contributed by atoms with van der Waals surface area (Å²) in [6, 6.07) is 0. The van der Waals surface area contributed by atoms with Crippen LogP contribution in [0.1, 0.15) is 0 Å².